The molecule has 0 rings (SSSR count). The summed E-state index contributed by atoms with van der Waals surface area (Å²) in [5.74, 6) is 0. The van der Waals surface area contributed by atoms with Gasteiger partial charge in [-0.1, -0.05) is 26.7 Å². The fourth-order valence-corrected chi connectivity index (χ4v) is 0.939. The van der Waals surface area contributed by atoms with Gasteiger partial charge in [-0.05, 0) is 25.3 Å². The van der Waals surface area contributed by atoms with Gasteiger partial charge in [0.1, 0.15) is 0 Å². The molecule has 0 spiro atoms. The molecule has 0 bridgehead atoms. The van der Waals surface area contributed by atoms with Crippen molar-refractivity contribution in [2.75, 3.05) is 13.4 Å². The predicted octanol–water partition coefficient (Wildman–Crippen LogP) is 3.48. The minimum absolute atomic E-state index is 0.387. The summed E-state index contributed by atoms with van der Waals surface area (Å²) < 4.78 is 10.3. The van der Waals surface area contributed by atoms with Gasteiger partial charge in [0.2, 0.25) is 0 Å². The molecule has 0 amide bonds. The van der Waals surface area contributed by atoms with Gasteiger partial charge >= 0.3 is 0 Å². The van der Waals surface area contributed by atoms with Gasteiger partial charge < -0.3 is 9.47 Å². The number of hydrogen-bond donors (Lipinski definition) is 0. The Kier molecular flexibility index (Phi) is 11.1. The molecule has 2 nitrogen and oxygen atoms in total. The summed E-state index contributed by atoms with van der Waals surface area (Å²) in [6, 6.07) is 0. The lowest BCUT2D eigenvalue weighted by molar-refractivity contribution is -0.0111. The second-order valence-electron chi connectivity index (χ2n) is 3.06. The number of allylic oxidation sites excluding steroid dienone is 1. The minimum Gasteiger partial charge on any atom is -0.475 e. The number of ether oxygens (including phenoxy) is 2. The Morgan fingerprint density at radius 1 is 1.08 bits per heavy atom. The quantitative estimate of drug-likeness (QED) is 0.312. The molecule has 0 fully saturated rings. The van der Waals surface area contributed by atoms with Crippen LogP contribution in [0.5, 0.6) is 0 Å². The summed E-state index contributed by atoms with van der Waals surface area (Å²) >= 11 is 0. The van der Waals surface area contributed by atoms with E-state index in [-0.39, 0.29) is 0 Å². The molecule has 0 atom stereocenters. The van der Waals surface area contributed by atoms with E-state index >= 15 is 0 Å². The van der Waals surface area contributed by atoms with E-state index in [0.717, 1.165) is 19.4 Å². The predicted molar refractivity (Wildman–Crippen MR) is 55.5 cm³/mol. The van der Waals surface area contributed by atoms with E-state index in [1.807, 2.05) is 0 Å². The molecule has 0 saturated carbocycles. The molecular formula is C11H22O2. The van der Waals surface area contributed by atoms with Crippen LogP contribution in [0.25, 0.3) is 0 Å². The first kappa shape index (κ1) is 12.5. The Bertz CT molecular complexity index is 111. The van der Waals surface area contributed by atoms with E-state index < -0.39 is 0 Å². The highest BCUT2D eigenvalue weighted by Crippen LogP contribution is 1.99. The molecular weight excluding hydrogens is 164 g/mol. The zero-order valence-corrected chi connectivity index (χ0v) is 8.92. The highest BCUT2D eigenvalue weighted by atomic mass is 16.7. The molecule has 0 heterocycles. The van der Waals surface area contributed by atoms with Gasteiger partial charge in [-0.3, -0.25) is 0 Å². The number of unbranched alkanes of at least 4 members (excludes halogenated alkanes) is 3. The molecule has 13 heavy (non-hydrogen) atoms. The van der Waals surface area contributed by atoms with Crippen molar-refractivity contribution in [2.24, 2.45) is 0 Å². The van der Waals surface area contributed by atoms with Gasteiger partial charge in [0.25, 0.3) is 0 Å². The van der Waals surface area contributed by atoms with Crippen LogP contribution in [0.4, 0.5) is 0 Å². The molecule has 0 unspecified atom stereocenters. The van der Waals surface area contributed by atoms with Crippen LogP contribution < -0.4 is 0 Å². The molecule has 78 valence electrons. The van der Waals surface area contributed by atoms with Crippen LogP contribution in [-0.2, 0) is 9.47 Å². The molecule has 0 saturated heterocycles. The second kappa shape index (κ2) is 11.5. The summed E-state index contributed by atoms with van der Waals surface area (Å²) in [5.41, 5.74) is 0. The maximum Gasteiger partial charge on any atom is 0.188 e. The molecule has 0 aliphatic rings. The average molecular weight is 186 g/mol. The van der Waals surface area contributed by atoms with Crippen LogP contribution in [-0.4, -0.2) is 13.4 Å². The highest BCUT2D eigenvalue weighted by molar-refractivity contribution is 4.72. The maximum atomic E-state index is 5.14. The fraction of sp³-hybridized carbons (Fsp3) is 0.818. The van der Waals surface area contributed by atoms with Crippen molar-refractivity contribution < 1.29 is 9.47 Å². The third-order valence-electron chi connectivity index (χ3n) is 1.67. The van der Waals surface area contributed by atoms with Crippen molar-refractivity contribution in [3.63, 3.8) is 0 Å². The van der Waals surface area contributed by atoms with Crippen molar-refractivity contribution in [1.82, 2.24) is 0 Å². The third kappa shape index (κ3) is 11.5. The lowest BCUT2D eigenvalue weighted by Gasteiger charge is -2.00. The maximum absolute atomic E-state index is 5.14. The van der Waals surface area contributed by atoms with Crippen molar-refractivity contribution in [2.45, 2.75) is 46.0 Å². The zero-order valence-electron chi connectivity index (χ0n) is 8.92. The largest absolute Gasteiger partial charge is 0.475 e. The van der Waals surface area contributed by atoms with E-state index in [4.69, 9.17) is 9.47 Å². The van der Waals surface area contributed by atoms with Gasteiger partial charge in [-0.15, -0.1) is 0 Å². The van der Waals surface area contributed by atoms with E-state index in [1.54, 1.807) is 6.26 Å². The van der Waals surface area contributed by atoms with Crippen LogP contribution in [0.2, 0.25) is 0 Å². The van der Waals surface area contributed by atoms with Crippen LogP contribution in [0.3, 0.4) is 0 Å². The van der Waals surface area contributed by atoms with Crippen LogP contribution in [0.1, 0.15) is 46.0 Å². The minimum atomic E-state index is 0.387. The van der Waals surface area contributed by atoms with E-state index in [0.29, 0.717) is 6.79 Å². The van der Waals surface area contributed by atoms with Crippen LogP contribution in [0.15, 0.2) is 12.3 Å². The molecule has 0 aromatic carbocycles. The van der Waals surface area contributed by atoms with Crippen molar-refractivity contribution in [3.8, 4) is 0 Å². The van der Waals surface area contributed by atoms with Crippen LogP contribution in [0, 0.1) is 0 Å². The van der Waals surface area contributed by atoms with Gasteiger partial charge in [-0.2, -0.15) is 0 Å². The Hall–Kier alpha value is -0.500. The van der Waals surface area contributed by atoms with Gasteiger partial charge in [0.05, 0.1) is 12.9 Å². The first-order valence-corrected chi connectivity index (χ1v) is 5.26. The first-order valence-electron chi connectivity index (χ1n) is 5.26. The summed E-state index contributed by atoms with van der Waals surface area (Å²) in [6.07, 6.45) is 9.79. The summed E-state index contributed by atoms with van der Waals surface area (Å²) in [6.45, 7) is 5.46. The lowest BCUT2D eigenvalue weighted by atomic mass is 10.2. The van der Waals surface area contributed by atoms with Crippen LogP contribution >= 0.6 is 0 Å². The molecule has 0 radical (unpaired) electrons. The number of hydrogen-bond acceptors (Lipinski definition) is 2. The van der Waals surface area contributed by atoms with Crippen molar-refractivity contribution in [1.29, 1.82) is 0 Å². The SMILES string of the molecule is CCCCCC=COCOCCC. The summed E-state index contributed by atoms with van der Waals surface area (Å²) in [7, 11) is 0. The Balaban J connectivity index is 2.95. The molecule has 0 aliphatic heterocycles. The highest BCUT2D eigenvalue weighted by Gasteiger charge is 1.83. The first-order chi connectivity index (χ1) is 6.41. The Morgan fingerprint density at radius 2 is 1.92 bits per heavy atom. The normalized spacial score (nSPS) is 10.9. The van der Waals surface area contributed by atoms with E-state index in [9.17, 15) is 0 Å². The van der Waals surface area contributed by atoms with Gasteiger partial charge in [0.15, 0.2) is 6.79 Å². The standard InChI is InChI=1S/C11H22O2/c1-3-5-6-7-8-10-13-11-12-9-4-2/h8,10H,3-7,9,11H2,1-2H3. The molecule has 0 aliphatic carbocycles. The van der Waals surface area contributed by atoms with Gasteiger partial charge in [-0.25, -0.2) is 0 Å². The topological polar surface area (TPSA) is 18.5 Å². The second-order valence-corrected chi connectivity index (χ2v) is 3.06. The smallest absolute Gasteiger partial charge is 0.188 e. The zero-order chi connectivity index (χ0) is 9.78. The monoisotopic (exact) mass is 186 g/mol. The van der Waals surface area contributed by atoms with E-state index in [1.165, 1.54) is 19.3 Å². The number of rotatable bonds is 9. The lowest BCUT2D eigenvalue weighted by Crippen LogP contribution is -1.95. The fourth-order valence-electron chi connectivity index (χ4n) is 0.939. The summed E-state index contributed by atoms with van der Waals surface area (Å²) in [5, 5.41) is 0. The molecule has 0 N–H and O–H groups in total. The molecule has 0 aromatic rings. The van der Waals surface area contributed by atoms with Crippen molar-refractivity contribution in [3.05, 3.63) is 12.3 Å². The molecule has 0 aromatic heterocycles. The Labute approximate surface area is 81.9 Å². The van der Waals surface area contributed by atoms with E-state index in [2.05, 4.69) is 19.9 Å². The van der Waals surface area contributed by atoms with Gasteiger partial charge in [0, 0.05) is 0 Å². The third-order valence-corrected chi connectivity index (χ3v) is 1.67. The molecule has 2 heteroatoms. The summed E-state index contributed by atoms with van der Waals surface area (Å²) in [4.78, 5) is 0. The average Bonchev–Trinajstić information content (AvgIpc) is 2.16. The van der Waals surface area contributed by atoms with Crippen molar-refractivity contribution >= 4 is 0 Å². The Morgan fingerprint density at radius 3 is 2.62 bits per heavy atom.